The van der Waals surface area contributed by atoms with E-state index in [1.807, 2.05) is 0 Å². The molecule has 0 saturated carbocycles. The molecule has 0 aliphatic carbocycles. The van der Waals surface area contributed by atoms with Gasteiger partial charge in [0, 0.05) is 13.0 Å². The van der Waals surface area contributed by atoms with Gasteiger partial charge in [-0.3, -0.25) is 4.79 Å². The molecule has 114 valence electrons. The van der Waals surface area contributed by atoms with Gasteiger partial charge in [0.1, 0.15) is 0 Å². The van der Waals surface area contributed by atoms with Gasteiger partial charge in [-0.1, -0.05) is 58.3 Å². The van der Waals surface area contributed by atoms with Crippen molar-refractivity contribution in [2.75, 3.05) is 6.54 Å². The fourth-order valence-corrected chi connectivity index (χ4v) is 1.59. The van der Waals surface area contributed by atoms with Crippen LogP contribution in [0.1, 0.15) is 71.1 Å². The summed E-state index contributed by atoms with van der Waals surface area (Å²) in [7, 11) is 0. The molecular formula is C14H28NNaO4. The average molecular weight is 297 g/mol. The molecular weight excluding hydrogens is 269 g/mol. The van der Waals surface area contributed by atoms with Crippen LogP contribution in [-0.4, -0.2) is 23.6 Å². The van der Waals surface area contributed by atoms with Crippen LogP contribution in [0.25, 0.3) is 0 Å². The van der Waals surface area contributed by atoms with Gasteiger partial charge in [-0.2, -0.15) is 0 Å². The third-order valence-corrected chi connectivity index (χ3v) is 2.66. The number of unbranched alkanes of at least 4 members (excludes halogenated alkanes) is 8. The van der Waals surface area contributed by atoms with Crippen LogP contribution in [-0.2, 0) is 9.59 Å². The van der Waals surface area contributed by atoms with E-state index in [0.29, 0.717) is 6.42 Å². The van der Waals surface area contributed by atoms with E-state index >= 15 is 0 Å². The Morgan fingerprint density at radius 2 is 1.30 bits per heavy atom. The fraction of sp³-hybridized carbons (Fsp3) is 0.857. The van der Waals surface area contributed by atoms with Gasteiger partial charge in [-0.25, -0.2) is 0 Å². The maximum absolute atomic E-state index is 10.2. The van der Waals surface area contributed by atoms with E-state index in [9.17, 15) is 4.79 Å². The van der Waals surface area contributed by atoms with E-state index in [1.165, 1.54) is 44.9 Å². The fourth-order valence-electron chi connectivity index (χ4n) is 1.59. The minimum Gasteiger partial charge on any atom is -0.549 e. The van der Waals surface area contributed by atoms with Crippen molar-refractivity contribution in [1.82, 2.24) is 0 Å². The van der Waals surface area contributed by atoms with Crippen LogP contribution in [0.15, 0.2) is 0 Å². The largest absolute Gasteiger partial charge is 1.00 e. The van der Waals surface area contributed by atoms with E-state index in [4.69, 9.17) is 15.0 Å². The molecule has 0 spiro atoms. The van der Waals surface area contributed by atoms with Gasteiger partial charge < -0.3 is 20.7 Å². The van der Waals surface area contributed by atoms with Gasteiger partial charge in [0.05, 0.1) is 5.97 Å². The Hall–Kier alpha value is -0.100. The third kappa shape index (κ3) is 30.7. The van der Waals surface area contributed by atoms with Crippen LogP contribution in [0.2, 0.25) is 0 Å². The zero-order valence-electron chi connectivity index (χ0n) is 13.0. The van der Waals surface area contributed by atoms with Crippen molar-refractivity contribution in [3.63, 3.8) is 0 Å². The summed E-state index contributed by atoms with van der Waals surface area (Å²) in [5, 5.41) is 17.5. The predicted molar refractivity (Wildman–Crippen MR) is 73.5 cm³/mol. The summed E-state index contributed by atoms with van der Waals surface area (Å²) in [5.74, 6) is -1.88. The molecule has 0 bridgehead atoms. The van der Waals surface area contributed by atoms with Crippen molar-refractivity contribution in [3.05, 3.63) is 0 Å². The van der Waals surface area contributed by atoms with Gasteiger partial charge in [0.25, 0.3) is 0 Å². The predicted octanol–water partition coefficient (Wildman–Crippen LogP) is -1.31. The third-order valence-electron chi connectivity index (χ3n) is 2.66. The first-order valence-corrected chi connectivity index (χ1v) is 7.16. The van der Waals surface area contributed by atoms with Crippen LogP contribution in [0.3, 0.4) is 0 Å². The number of carbonyl (C=O) groups is 2. The van der Waals surface area contributed by atoms with Crippen molar-refractivity contribution in [2.45, 2.75) is 71.1 Å². The Kier molecular flexibility index (Phi) is 26.4. The summed E-state index contributed by atoms with van der Waals surface area (Å²) >= 11 is 0. The number of aliphatic carboxylic acids is 2. The maximum atomic E-state index is 10.2. The Labute approximate surface area is 144 Å². The van der Waals surface area contributed by atoms with Crippen LogP contribution in [0, 0.1) is 0 Å². The number of rotatable bonds is 11. The quantitative estimate of drug-likeness (QED) is 0.364. The molecule has 0 aromatic carbocycles. The molecule has 0 rings (SSSR count). The number of carboxylic acid groups (broad SMARTS) is 2. The Bertz CT molecular complexity index is 225. The molecule has 0 atom stereocenters. The van der Waals surface area contributed by atoms with Crippen molar-refractivity contribution >= 4 is 11.9 Å². The van der Waals surface area contributed by atoms with E-state index in [1.54, 1.807) is 0 Å². The zero-order valence-corrected chi connectivity index (χ0v) is 15.0. The second kappa shape index (κ2) is 21.2. The molecule has 0 unspecified atom stereocenters. The van der Waals surface area contributed by atoms with Crippen LogP contribution in [0.5, 0.6) is 0 Å². The number of hydrogen-bond acceptors (Lipinski definition) is 4. The topological polar surface area (TPSA) is 103 Å². The summed E-state index contributed by atoms with van der Waals surface area (Å²) in [6, 6.07) is 0. The van der Waals surface area contributed by atoms with E-state index in [-0.39, 0.29) is 36.1 Å². The molecule has 0 fully saturated rings. The molecule has 0 radical (unpaired) electrons. The van der Waals surface area contributed by atoms with Crippen molar-refractivity contribution in [1.29, 1.82) is 0 Å². The molecule has 0 aliphatic heterocycles. The number of nitrogens with two attached hydrogens (primary N) is 1. The van der Waals surface area contributed by atoms with Gasteiger partial charge in [0.15, 0.2) is 0 Å². The molecule has 0 saturated heterocycles. The summed E-state index contributed by atoms with van der Waals surface area (Å²) in [6.07, 6.45) is 11.5. The number of carboxylic acids is 2. The standard InChI is InChI=1S/C12H24O2.C2H5NO2.Na/c1-2-3-4-5-6-7-8-9-10-11-12(13)14;3-1-2(4)5;/h2-11H2,1H3,(H,13,14);1,3H2,(H,4,5);/q;;+1/p-1. The molecule has 0 aromatic rings. The van der Waals surface area contributed by atoms with Crippen LogP contribution >= 0.6 is 0 Å². The minimum atomic E-state index is -1.22. The normalized spacial score (nSPS) is 9.10. The first kappa shape index (κ1) is 24.9. The second-order valence-electron chi connectivity index (χ2n) is 4.55. The van der Waals surface area contributed by atoms with E-state index in [0.717, 1.165) is 12.8 Å². The average Bonchev–Trinajstić information content (AvgIpc) is 2.37. The molecule has 0 aromatic heterocycles. The van der Waals surface area contributed by atoms with E-state index < -0.39 is 11.9 Å². The Morgan fingerprint density at radius 3 is 1.60 bits per heavy atom. The maximum Gasteiger partial charge on any atom is 1.00 e. The smallest absolute Gasteiger partial charge is 0.549 e. The first-order valence-electron chi connectivity index (χ1n) is 7.16. The molecule has 5 nitrogen and oxygen atoms in total. The zero-order chi connectivity index (χ0) is 14.9. The number of hydrogen-bond donors (Lipinski definition) is 2. The molecule has 0 heterocycles. The minimum absolute atomic E-state index is 0. The summed E-state index contributed by atoms with van der Waals surface area (Å²) in [4.78, 5) is 19.3. The first-order chi connectivity index (χ1) is 9.04. The second-order valence-corrected chi connectivity index (χ2v) is 4.55. The molecule has 20 heavy (non-hydrogen) atoms. The number of carbonyl (C=O) groups excluding carboxylic acids is 1. The van der Waals surface area contributed by atoms with Gasteiger partial charge >= 0.3 is 35.5 Å². The summed E-state index contributed by atoms with van der Waals surface area (Å²) in [6.45, 7) is 1.84. The molecule has 0 amide bonds. The van der Waals surface area contributed by atoms with Crippen LogP contribution < -0.4 is 40.4 Å². The monoisotopic (exact) mass is 297 g/mol. The van der Waals surface area contributed by atoms with Gasteiger partial charge in [-0.15, -0.1) is 0 Å². The van der Waals surface area contributed by atoms with E-state index in [2.05, 4.69) is 12.7 Å². The van der Waals surface area contributed by atoms with Crippen molar-refractivity contribution in [2.24, 2.45) is 5.73 Å². The molecule has 3 N–H and O–H groups in total. The summed E-state index contributed by atoms with van der Waals surface area (Å²) < 4.78 is 0. The van der Waals surface area contributed by atoms with Crippen molar-refractivity contribution < 1.29 is 49.4 Å². The summed E-state index contributed by atoms with van der Waals surface area (Å²) in [5.41, 5.74) is 4.51. The van der Waals surface area contributed by atoms with Gasteiger partial charge in [0.2, 0.25) is 0 Å². The SMILES string of the molecule is CCCCCCCCCCCC(=O)O.NCC(=O)[O-].[Na+]. The molecule has 0 aliphatic rings. The Balaban J connectivity index is -0.000000414. The van der Waals surface area contributed by atoms with Crippen LogP contribution in [0.4, 0.5) is 0 Å². The molecule has 6 heteroatoms. The van der Waals surface area contributed by atoms with Crippen molar-refractivity contribution in [3.8, 4) is 0 Å². The Morgan fingerprint density at radius 1 is 0.950 bits per heavy atom. The van der Waals surface area contributed by atoms with Gasteiger partial charge in [-0.05, 0) is 6.42 Å².